The predicted molar refractivity (Wildman–Crippen MR) is 124 cm³/mol. The molecule has 2 aromatic carbocycles. The lowest BCUT2D eigenvalue weighted by Gasteiger charge is -2.15. The number of rotatable bonds is 10. The van der Waals surface area contributed by atoms with Crippen LogP contribution in [0.1, 0.15) is 6.92 Å². The highest BCUT2D eigenvalue weighted by atomic mass is 19.1. The van der Waals surface area contributed by atoms with E-state index < -0.39 is 6.10 Å². The van der Waals surface area contributed by atoms with Crippen molar-refractivity contribution in [3.05, 3.63) is 60.4 Å². The zero-order valence-electron chi connectivity index (χ0n) is 19.4. The molecule has 0 bridgehead atoms. The quantitative estimate of drug-likeness (QED) is 0.345. The predicted octanol–water partition coefficient (Wildman–Crippen LogP) is 2.91. The molecule has 0 radical (unpaired) electrons. The van der Waals surface area contributed by atoms with Gasteiger partial charge in [0.15, 0.2) is 17.6 Å². The lowest BCUT2D eigenvalue weighted by Crippen LogP contribution is -2.38. The van der Waals surface area contributed by atoms with E-state index >= 15 is 0 Å². The van der Waals surface area contributed by atoms with E-state index in [0.29, 0.717) is 40.2 Å². The van der Waals surface area contributed by atoms with E-state index in [2.05, 4.69) is 20.6 Å². The average molecular weight is 481 g/mol. The van der Waals surface area contributed by atoms with Crippen LogP contribution < -0.4 is 24.3 Å². The zero-order valence-corrected chi connectivity index (χ0v) is 19.4. The van der Waals surface area contributed by atoms with Crippen molar-refractivity contribution in [1.29, 1.82) is 0 Å². The maximum Gasteiger partial charge on any atom is 0.260 e. The Labute approximate surface area is 200 Å². The Hall–Kier alpha value is -4.41. The van der Waals surface area contributed by atoms with Crippen LogP contribution in [0.5, 0.6) is 23.1 Å². The van der Waals surface area contributed by atoms with Gasteiger partial charge in [-0.25, -0.2) is 4.39 Å². The molecule has 4 aromatic rings. The van der Waals surface area contributed by atoms with Crippen LogP contribution in [0.25, 0.3) is 17.0 Å². The largest absolute Gasteiger partial charge is 0.497 e. The fourth-order valence-electron chi connectivity index (χ4n) is 3.24. The average Bonchev–Trinajstić information content (AvgIpc) is 3.30. The van der Waals surface area contributed by atoms with Gasteiger partial charge in [-0.3, -0.25) is 4.79 Å². The molecule has 0 saturated heterocycles. The van der Waals surface area contributed by atoms with Crippen molar-refractivity contribution in [2.24, 2.45) is 0 Å². The van der Waals surface area contributed by atoms with Crippen LogP contribution in [0.3, 0.4) is 0 Å². The number of hydrogen-bond acceptors (Lipinski definition) is 8. The summed E-state index contributed by atoms with van der Waals surface area (Å²) in [6.07, 6.45) is -0.756. The number of methoxy groups -OCH3 is 2. The second-order valence-electron chi connectivity index (χ2n) is 7.38. The highest BCUT2D eigenvalue weighted by molar-refractivity contribution is 5.80. The van der Waals surface area contributed by atoms with E-state index in [-0.39, 0.29) is 24.9 Å². The fraction of sp³-hybridized carbons (Fsp3) is 0.250. The van der Waals surface area contributed by atoms with Gasteiger partial charge in [-0.15, -0.1) is 15.3 Å². The van der Waals surface area contributed by atoms with E-state index in [0.717, 1.165) is 0 Å². The number of nitrogens with one attached hydrogen (secondary N) is 1. The molecule has 10 nitrogen and oxygen atoms in total. The van der Waals surface area contributed by atoms with Crippen LogP contribution in [0.2, 0.25) is 0 Å². The van der Waals surface area contributed by atoms with Gasteiger partial charge >= 0.3 is 0 Å². The Morgan fingerprint density at radius 1 is 1.03 bits per heavy atom. The summed E-state index contributed by atoms with van der Waals surface area (Å²) in [7, 11) is 3.14. The number of aromatic nitrogens is 4. The van der Waals surface area contributed by atoms with Crippen molar-refractivity contribution < 1.29 is 28.1 Å². The summed E-state index contributed by atoms with van der Waals surface area (Å²) in [6.45, 7) is 2.02. The van der Waals surface area contributed by atoms with Crippen LogP contribution in [-0.4, -0.2) is 59.2 Å². The first kappa shape index (κ1) is 23.7. The van der Waals surface area contributed by atoms with Gasteiger partial charge < -0.3 is 24.3 Å². The summed E-state index contributed by atoms with van der Waals surface area (Å²) >= 11 is 0. The number of carbonyl (C=O) groups excluding carboxylic acids is 1. The van der Waals surface area contributed by atoms with Crippen molar-refractivity contribution in [3.63, 3.8) is 0 Å². The molecule has 1 N–H and O–H groups in total. The van der Waals surface area contributed by atoms with Crippen LogP contribution >= 0.6 is 0 Å². The number of amides is 1. The normalized spacial score (nSPS) is 11.7. The van der Waals surface area contributed by atoms with Crippen molar-refractivity contribution in [3.8, 4) is 34.5 Å². The number of fused-ring (bicyclic) bond motifs is 1. The topological polar surface area (TPSA) is 109 Å². The van der Waals surface area contributed by atoms with E-state index in [1.165, 1.54) is 24.3 Å². The Morgan fingerprint density at radius 3 is 2.54 bits per heavy atom. The Kier molecular flexibility index (Phi) is 7.24. The van der Waals surface area contributed by atoms with Gasteiger partial charge in [0.05, 0.1) is 26.3 Å². The first-order valence-corrected chi connectivity index (χ1v) is 10.8. The van der Waals surface area contributed by atoms with Gasteiger partial charge in [-0.2, -0.15) is 4.52 Å². The number of halogens is 1. The molecule has 0 aliphatic heterocycles. The van der Waals surface area contributed by atoms with E-state index in [1.807, 2.05) is 6.07 Å². The molecule has 2 heterocycles. The Balaban J connectivity index is 1.36. The van der Waals surface area contributed by atoms with Crippen LogP contribution in [-0.2, 0) is 4.79 Å². The van der Waals surface area contributed by atoms with Crippen molar-refractivity contribution >= 4 is 11.6 Å². The first-order chi connectivity index (χ1) is 17.0. The minimum atomic E-state index is -0.756. The molecule has 0 saturated carbocycles. The number of hydrogen-bond donors (Lipinski definition) is 1. The van der Waals surface area contributed by atoms with Gasteiger partial charge in [0.2, 0.25) is 5.88 Å². The molecule has 0 aliphatic carbocycles. The molecule has 0 fully saturated rings. The third-order valence-corrected chi connectivity index (χ3v) is 5.03. The first-order valence-electron chi connectivity index (χ1n) is 10.8. The molecule has 0 aliphatic rings. The number of carbonyl (C=O) groups is 1. The Bertz CT molecular complexity index is 1310. The summed E-state index contributed by atoms with van der Waals surface area (Å²) in [5.74, 6) is 1.72. The van der Waals surface area contributed by atoms with Crippen LogP contribution in [0.15, 0.2) is 54.6 Å². The highest BCUT2D eigenvalue weighted by Crippen LogP contribution is 2.32. The standard InChI is InChI=1S/C24H24FN5O5/c1-15(35-17-6-4-16(25)5-7-17)24(31)26-12-13-34-22-11-10-21-27-28-23(30(21)29-22)19-9-8-18(32-2)14-20(19)33-3/h4-11,14-15H,12-13H2,1-3H3,(H,26,31). The van der Waals surface area contributed by atoms with Gasteiger partial charge in [-0.1, -0.05) is 0 Å². The van der Waals surface area contributed by atoms with Crippen molar-refractivity contribution in [2.45, 2.75) is 13.0 Å². The third-order valence-electron chi connectivity index (χ3n) is 5.03. The molecule has 11 heteroatoms. The fourth-order valence-corrected chi connectivity index (χ4v) is 3.24. The molecule has 2 aromatic heterocycles. The minimum Gasteiger partial charge on any atom is -0.497 e. The second-order valence-corrected chi connectivity index (χ2v) is 7.38. The molecule has 0 spiro atoms. The molecule has 182 valence electrons. The van der Waals surface area contributed by atoms with Crippen molar-refractivity contribution in [1.82, 2.24) is 25.1 Å². The monoisotopic (exact) mass is 481 g/mol. The van der Waals surface area contributed by atoms with Gasteiger partial charge in [-0.05, 0) is 49.4 Å². The minimum absolute atomic E-state index is 0.177. The summed E-state index contributed by atoms with van der Waals surface area (Å²) in [5.41, 5.74) is 1.22. The lowest BCUT2D eigenvalue weighted by atomic mass is 10.2. The molecule has 35 heavy (non-hydrogen) atoms. The zero-order chi connectivity index (χ0) is 24.8. The van der Waals surface area contributed by atoms with Gasteiger partial charge in [0.25, 0.3) is 5.91 Å². The smallest absolute Gasteiger partial charge is 0.260 e. The van der Waals surface area contributed by atoms with Crippen LogP contribution in [0, 0.1) is 5.82 Å². The number of benzene rings is 2. The second kappa shape index (κ2) is 10.7. The van der Waals surface area contributed by atoms with E-state index in [9.17, 15) is 9.18 Å². The number of ether oxygens (including phenoxy) is 4. The van der Waals surface area contributed by atoms with Crippen LogP contribution in [0.4, 0.5) is 4.39 Å². The maximum atomic E-state index is 13.0. The highest BCUT2D eigenvalue weighted by Gasteiger charge is 2.17. The molecule has 1 unspecified atom stereocenters. The molecule has 1 atom stereocenters. The Morgan fingerprint density at radius 2 is 1.80 bits per heavy atom. The van der Waals surface area contributed by atoms with Gasteiger partial charge in [0, 0.05) is 12.1 Å². The molecular weight excluding hydrogens is 457 g/mol. The molecule has 1 amide bonds. The number of nitrogens with zero attached hydrogens (tertiary/aromatic N) is 4. The SMILES string of the molecule is COc1ccc(-c2nnc3ccc(OCCNC(=O)C(C)Oc4ccc(F)cc4)nn23)c(OC)c1. The summed E-state index contributed by atoms with van der Waals surface area (Å²) in [4.78, 5) is 12.3. The third kappa shape index (κ3) is 5.57. The molecular formula is C24H24FN5O5. The maximum absolute atomic E-state index is 13.0. The summed E-state index contributed by atoms with van der Waals surface area (Å²) in [6, 6.07) is 14.2. The lowest BCUT2D eigenvalue weighted by molar-refractivity contribution is -0.127. The molecule has 4 rings (SSSR count). The van der Waals surface area contributed by atoms with Crippen molar-refractivity contribution in [2.75, 3.05) is 27.4 Å². The van der Waals surface area contributed by atoms with Gasteiger partial charge in [0.1, 0.15) is 29.7 Å². The summed E-state index contributed by atoms with van der Waals surface area (Å²) in [5, 5.41) is 15.6. The summed E-state index contributed by atoms with van der Waals surface area (Å²) < 4.78 is 36.5. The van der Waals surface area contributed by atoms with E-state index in [4.69, 9.17) is 18.9 Å². The van der Waals surface area contributed by atoms with E-state index in [1.54, 1.807) is 49.9 Å².